The molecule has 0 spiro atoms. The van der Waals surface area contributed by atoms with Gasteiger partial charge in [-0.1, -0.05) is 112 Å². The van der Waals surface area contributed by atoms with Crippen LogP contribution >= 0.6 is 11.3 Å². The zero-order chi connectivity index (χ0) is 38.6. The molecule has 0 saturated carbocycles. The van der Waals surface area contributed by atoms with E-state index in [1.807, 2.05) is 47.7 Å². The van der Waals surface area contributed by atoms with Crippen molar-refractivity contribution in [2.75, 3.05) is 0 Å². The number of rotatable bonds is 6. The summed E-state index contributed by atoms with van der Waals surface area (Å²) in [6, 6.07) is 51.1. The van der Waals surface area contributed by atoms with Crippen molar-refractivity contribution in [3.8, 4) is 28.3 Å². The second-order valence-corrected chi connectivity index (χ2v) is 22.2. The number of pyridine rings is 1. The summed E-state index contributed by atoms with van der Waals surface area (Å²) in [5.74, 6) is 1.49. The Hall–Kier alpha value is -5.17. The van der Waals surface area contributed by atoms with Crippen LogP contribution < -0.4 is 5.19 Å². The SMILES string of the molecule is Cc1c[c-]c(-c2cc(CC(C)C)c([Si](C)(C)C)cn2)cc1.[Ir].[c-]1ccc2c(oc3ccccc32)c1-c1nc2ccccc2n1-c1ccc2sc3ccccc3c2c1. The fourth-order valence-electron chi connectivity index (χ4n) is 7.76. The monoisotopic (exact) mass is 954 g/mol. The maximum Gasteiger partial charge on any atom is 0.120 e. The number of benzene rings is 6. The zero-order valence-corrected chi connectivity index (χ0v) is 37.2. The Kier molecular flexibility index (Phi) is 10.6. The van der Waals surface area contributed by atoms with Crippen molar-refractivity contribution >= 4 is 77.7 Å². The van der Waals surface area contributed by atoms with Crippen LogP contribution in [0.1, 0.15) is 25.0 Å². The van der Waals surface area contributed by atoms with Crippen molar-refractivity contribution in [3.63, 3.8) is 0 Å². The van der Waals surface area contributed by atoms with Crippen molar-refractivity contribution in [1.82, 2.24) is 14.5 Å². The molecule has 0 aliphatic carbocycles. The van der Waals surface area contributed by atoms with Gasteiger partial charge in [-0.05, 0) is 65.7 Å². The molecule has 57 heavy (non-hydrogen) atoms. The fourth-order valence-corrected chi connectivity index (χ4v) is 10.4. The molecule has 4 aromatic heterocycles. The number of nitrogens with zero attached hydrogens (tertiary/aromatic N) is 3. The third kappa shape index (κ3) is 7.42. The van der Waals surface area contributed by atoms with E-state index in [9.17, 15) is 0 Å². The van der Waals surface area contributed by atoms with Crippen LogP contribution in [-0.4, -0.2) is 22.6 Å². The van der Waals surface area contributed by atoms with E-state index in [4.69, 9.17) is 14.4 Å². The maximum atomic E-state index is 6.36. The molecule has 0 bridgehead atoms. The van der Waals surface area contributed by atoms with Crippen molar-refractivity contribution in [2.45, 2.75) is 46.8 Å². The van der Waals surface area contributed by atoms with E-state index in [-0.39, 0.29) is 20.1 Å². The molecule has 0 unspecified atom stereocenters. The summed E-state index contributed by atoms with van der Waals surface area (Å²) in [7, 11) is -1.35. The van der Waals surface area contributed by atoms with Crippen LogP contribution in [0.25, 0.3) is 81.5 Å². The molecule has 0 N–H and O–H groups in total. The number of hydrogen-bond acceptors (Lipinski definition) is 4. The second kappa shape index (κ2) is 15.6. The zero-order valence-electron chi connectivity index (χ0n) is 33.0. The molecule has 7 heteroatoms. The summed E-state index contributed by atoms with van der Waals surface area (Å²) in [4.78, 5) is 9.80. The molecule has 285 valence electrons. The number of hydrogen-bond donors (Lipinski definition) is 0. The van der Waals surface area contributed by atoms with Crippen LogP contribution in [0.5, 0.6) is 0 Å². The number of para-hydroxylation sites is 3. The minimum absolute atomic E-state index is 0. The standard InChI is InChI=1S/C31H17N2OS.C19H26NSi.Ir/c1-5-14-27-20(8-1)22-10-7-11-23(30(22)34-27)31-32-25-12-3-4-13-26(25)33(31)19-16-17-29-24(18-19)21-9-2-6-15-28(21)35-29;1-14(2)11-17-12-18(16-9-7-15(3)8-10-16)20-13-19(17)21(4,5)6;/h1-10,12-18H;7-9,12-14H,11H2,1-6H3;/q2*-1;. The predicted octanol–water partition coefficient (Wildman–Crippen LogP) is 13.4. The molecular formula is C50H43IrN3OSSi-2. The van der Waals surface area contributed by atoms with Gasteiger partial charge in [0.15, 0.2) is 0 Å². The summed E-state index contributed by atoms with van der Waals surface area (Å²) >= 11 is 1.83. The topological polar surface area (TPSA) is 43.9 Å². The molecule has 0 fully saturated rings. The first-order valence-corrected chi connectivity index (χ1v) is 23.6. The second-order valence-electron chi connectivity index (χ2n) is 16.1. The van der Waals surface area contributed by atoms with Gasteiger partial charge in [-0.25, -0.2) is 0 Å². The molecule has 10 aromatic rings. The molecule has 4 nitrogen and oxygen atoms in total. The van der Waals surface area contributed by atoms with E-state index in [1.165, 1.54) is 36.5 Å². The van der Waals surface area contributed by atoms with Crippen molar-refractivity contribution < 1.29 is 24.5 Å². The average Bonchev–Trinajstić information content (AvgIpc) is 3.89. The molecule has 1 radical (unpaired) electrons. The third-order valence-corrected chi connectivity index (χ3v) is 13.6. The number of aromatic nitrogens is 3. The molecule has 0 aliphatic rings. The van der Waals surface area contributed by atoms with Crippen LogP contribution in [0, 0.1) is 25.0 Å². The largest absolute Gasteiger partial charge is 0.501 e. The Balaban J connectivity index is 0.000000179. The Morgan fingerprint density at radius 2 is 1.53 bits per heavy atom. The molecule has 0 aliphatic heterocycles. The van der Waals surface area contributed by atoms with Gasteiger partial charge >= 0.3 is 0 Å². The minimum atomic E-state index is -1.35. The number of thiophene rings is 1. The van der Waals surface area contributed by atoms with E-state index < -0.39 is 8.07 Å². The van der Waals surface area contributed by atoms with Gasteiger partial charge in [-0.2, -0.15) is 0 Å². The van der Waals surface area contributed by atoms with Gasteiger partial charge in [0, 0.05) is 57.5 Å². The minimum Gasteiger partial charge on any atom is -0.501 e. The molecule has 0 amide bonds. The van der Waals surface area contributed by atoms with Crippen LogP contribution in [0.3, 0.4) is 0 Å². The third-order valence-electron chi connectivity index (χ3n) is 10.4. The maximum absolute atomic E-state index is 6.36. The molecular weight excluding hydrogens is 911 g/mol. The molecule has 4 heterocycles. The Labute approximate surface area is 352 Å². The van der Waals surface area contributed by atoms with Crippen molar-refractivity contribution in [2.24, 2.45) is 5.92 Å². The van der Waals surface area contributed by atoms with Crippen LogP contribution in [0.2, 0.25) is 19.6 Å². The van der Waals surface area contributed by atoms with Crippen molar-refractivity contribution in [1.29, 1.82) is 0 Å². The van der Waals surface area contributed by atoms with Crippen LogP contribution in [0.4, 0.5) is 0 Å². The van der Waals surface area contributed by atoms with E-state index in [1.54, 1.807) is 0 Å². The predicted molar refractivity (Wildman–Crippen MR) is 240 cm³/mol. The van der Waals surface area contributed by atoms with Gasteiger partial charge in [0.05, 0.1) is 30.5 Å². The normalized spacial score (nSPS) is 11.8. The van der Waals surface area contributed by atoms with Gasteiger partial charge in [-0.15, -0.1) is 64.9 Å². The molecule has 6 aromatic carbocycles. The number of furan rings is 1. The van der Waals surface area contributed by atoms with E-state index in [0.717, 1.165) is 67.7 Å². The first kappa shape index (κ1) is 38.7. The van der Waals surface area contributed by atoms with E-state index in [0.29, 0.717) is 5.92 Å². The number of aryl methyl sites for hydroxylation is 1. The van der Waals surface area contributed by atoms with Gasteiger partial charge < -0.3 is 14.0 Å². The number of fused-ring (bicyclic) bond motifs is 7. The first-order valence-electron chi connectivity index (χ1n) is 19.3. The van der Waals surface area contributed by atoms with Gasteiger partial charge in [0.25, 0.3) is 0 Å². The Morgan fingerprint density at radius 3 is 2.32 bits per heavy atom. The average molecular weight is 954 g/mol. The molecule has 10 rings (SSSR count). The van der Waals surface area contributed by atoms with Gasteiger partial charge in [0.1, 0.15) is 5.58 Å². The molecule has 0 saturated heterocycles. The molecule has 0 atom stereocenters. The van der Waals surface area contributed by atoms with Crippen LogP contribution in [0.15, 0.2) is 138 Å². The summed E-state index contributed by atoms with van der Waals surface area (Å²) in [6.45, 7) is 13.8. The quantitative estimate of drug-likeness (QED) is 0.123. The summed E-state index contributed by atoms with van der Waals surface area (Å²) < 4.78 is 11.2. The van der Waals surface area contributed by atoms with Gasteiger partial charge in [-0.3, -0.25) is 4.98 Å². The summed E-state index contributed by atoms with van der Waals surface area (Å²) in [5, 5.41) is 6.22. The smallest absolute Gasteiger partial charge is 0.120 e. The summed E-state index contributed by atoms with van der Waals surface area (Å²) in [6.07, 6.45) is 3.24. The first-order chi connectivity index (χ1) is 27.1. The fraction of sp³-hybridized carbons (Fsp3) is 0.160. The van der Waals surface area contributed by atoms with Crippen molar-refractivity contribution in [3.05, 3.63) is 157 Å². The Bertz CT molecular complexity index is 3040. The summed E-state index contributed by atoms with van der Waals surface area (Å²) in [5.41, 5.74) is 10.5. The Morgan fingerprint density at radius 1 is 0.772 bits per heavy atom. The van der Waals surface area contributed by atoms with Gasteiger partial charge in [0.2, 0.25) is 0 Å². The number of imidazole rings is 1. The van der Waals surface area contributed by atoms with E-state index >= 15 is 0 Å². The van der Waals surface area contributed by atoms with E-state index in [2.05, 4.69) is 154 Å². The van der Waals surface area contributed by atoms with Crippen LogP contribution in [-0.2, 0) is 26.5 Å².